The van der Waals surface area contributed by atoms with Crippen LogP contribution in [-0.4, -0.2) is 19.0 Å². The Morgan fingerprint density at radius 2 is 1.60 bits per heavy atom. The molecule has 0 spiro atoms. The molecular formula is C24H20N2O4. The van der Waals surface area contributed by atoms with E-state index in [-0.39, 0.29) is 5.70 Å². The van der Waals surface area contributed by atoms with Crippen molar-refractivity contribution in [3.05, 3.63) is 95.7 Å². The lowest BCUT2D eigenvalue weighted by molar-refractivity contribution is -0.113. The first-order chi connectivity index (χ1) is 14.7. The second-order valence-corrected chi connectivity index (χ2v) is 6.65. The van der Waals surface area contributed by atoms with Crippen LogP contribution in [0.5, 0.6) is 11.5 Å². The van der Waals surface area contributed by atoms with Crippen LogP contribution < -0.4 is 19.7 Å². The number of urea groups is 1. The number of benzene rings is 3. The Hall–Kier alpha value is -4.06. The molecular weight excluding hydrogens is 380 g/mol. The van der Waals surface area contributed by atoms with E-state index in [0.717, 1.165) is 10.5 Å². The molecule has 3 aromatic rings. The maximum Gasteiger partial charge on any atom is 0.333 e. The third-order valence-corrected chi connectivity index (χ3v) is 4.63. The Balaban J connectivity index is 1.53. The van der Waals surface area contributed by atoms with Crippen LogP contribution in [0.4, 0.5) is 10.5 Å². The Morgan fingerprint density at radius 1 is 0.900 bits per heavy atom. The van der Waals surface area contributed by atoms with E-state index in [2.05, 4.69) is 5.32 Å². The maximum absolute atomic E-state index is 12.7. The lowest BCUT2D eigenvalue weighted by atomic mass is 10.1. The molecule has 0 aromatic heterocycles. The van der Waals surface area contributed by atoms with Crippen molar-refractivity contribution in [1.82, 2.24) is 5.32 Å². The number of nitrogens with zero attached hydrogens (tertiary/aromatic N) is 1. The van der Waals surface area contributed by atoms with Crippen molar-refractivity contribution in [3.8, 4) is 11.5 Å². The molecule has 1 aliphatic rings. The standard InChI is InChI=1S/C24H20N2O4/c1-29-22-15-18(12-13-21(22)30-16-17-8-4-2-5-9-17)14-20-23(27)26(24(28)25-20)19-10-6-3-7-11-19/h2-15H,16H2,1H3,(H,25,28)/b20-14+. The third-order valence-electron chi connectivity index (χ3n) is 4.63. The van der Waals surface area contributed by atoms with Gasteiger partial charge >= 0.3 is 6.03 Å². The minimum atomic E-state index is -0.479. The van der Waals surface area contributed by atoms with E-state index in [1.165, 1.54) is 0 Å². The van der Waals surface area contributed by atoms with Crippen molar-refractivity contribution >= 4 is 23.7 Å². The number of nitrogens with one attached hydrogen (secondary N) is 1. The average Bonchev–Trinajstić information content (AvgIpc) is 3.06. The number of para-hydroxylation sites is 1. The van der Waals surface area contributed by atoms with Crippen molar-refractivity contribution in [3.63, 3.8) is 0 Å². The van der Waals surface area contributed by atoms with Gasteiger partial charge in [0.2, 0.25) is 0 Å². The summed E-state index contributed by atoms with van der Waals surface area (Å²) >= 11 is 0. The van der Waals surface area contributed by atoms with Crippen LogP contribution in [-0.2, 0) is 11.4 Å². The van der Waals surface area contributed by atoms with Crippen LogP contribution in [0.1, 0.15) is 11.1 Å². The van der Waals surface area contributed by atoms with Gasteiger partial charge in [-0.2, -0.15) is 0 Å². The van der Waals surface area contributed by atoms with E-state index in [1.807, 2.05) is 36.4 Å². The van der Waals surface area contributed by atoms with Gasteiger partial charge in [0, 0.05) is 0 Å². The average molecular weight is 400 g/mol. The van der Waals surface area contributed by atoms with E-state index in [1.54, 1.807) is 55.7 Å². The van der Waals surface area contributed by atoms with Crippen LogP contribution in [0.25, 0.3) is 6.08 Å². The summed E-state index contributed by atoms with van der Waals surface area (Å²) in [4.78, 5) is 26.1. The highest BCUT2D eigenvalue weighted by Gasteiger charge is 2.34. The molecule has 0 radical (unpaired) electrons. The van der Waals surface area contributed by atoms with Crippen LogP contribution in [0, 0.1) is 0 Å². The quantitative estimate of drug-likeness (QED) is 0.493. The highest BCUT2D eigenvalue weighted by atomic mass is 16.5. The highest BCUT2D eigenvalue weighted by Crippen LogP contribution is 2.30. The second kappa shape index (κ2) is 8.53. The van der Waals surface area contributed by atoms with Crippen molar-refractivity contribution in [2.75, 3.05) is 12.0 Å². The van der Waals surface area contributed by atoms with E-state index >= 15 is 0 Å². The summed E-state index contributed by atoms with van der Waals surface area (Å²) in [6.45, 7) is 0.415. The molecule has 3 aromatic carbocycles. The molecule has 6 heteroatoms. The van der Waals surface area contributed by atoms with Gasteiger partial charge in [0.25, 0.3) is 5.91 Å². The fourth-order valence-corrected chi connectivity index (χ4v) is 3.14. The molecule has 1 fully saturated rings. The lowest BCUT2D eigenvalue weighted by Crippen LogP contribution is -2.30. The van der Waals surface area contributed by atoms with Crippen molar-refractivity contribution in [2.45, 2.75) is 6.61 Å². The molecule has 0 atom stereocenters. The number of anilines is 1. The van der Waals surface area contributed by atoms with Gasteiger partial charge in [-0.25, -0.2) is 9.69 Å². The molecule has 3 amide bonds. The first-order valence-corrected chi connectivity index (χ1v) is 9.42. The van der Waals surface area contributed by atoms with Gasteiger partial charge in [-0.05, 0) is 41.5 Å². The predicted octanol–water partition coefficient (Wildman–Crippen LogP) is 4.37. The molecule has 0 bridgehead atoms. The summed E-state index contributed by atoms with van der Waals surface area (Å²) in [5.41, 5.74) is 2.47. The molecule has 0 unspecified atom stereocenters. The van der Waals surface area contributed by atoms with E-state index < -0.39 is 11.9 Å². The number of hydrogen-bond acceptors (Lipinski definition) is 4. The molecule has 6 nitrogen and oxygen atoms in total. The van der Waals surface area contributed by atoms with Crippen molar-refractivity contribution in [1.29, 1.82) is 0 Å². The van der Waals surface area contributed by atoms with Gasteiger partial charge in [-0.3, -0.25) is 4.79 Å². The van der Waals surface area contributed by atoms with Crippen LogP contribution in [0.3, 0.4) is 0 Å². The summed E-state index contributed by atoms with van der Waals surface area (Å²) in [6, 6.07) is 23.5. The monoisotopic (exact) mass is 400 g/mol. The topological polar surface area (TPSA) is 67.9 Å². The number of hydrogen-bond donors (Lipinski definition) is 1. The van der Waals surface area contributed by atoms with E-state index in [9.17, 15) is 9.59 Å². The number of rotatable bonds is 6. The van der Waals surface area contributed by atoms with Gasteiger partial charge < -0.3 is 14.8 Å². The number of amides is 3. The molecule has 30 heavy (non-hydrogen) atoms. The fraction of sp³-hybridized carbons (Fsp3) is 0.0833. The first-order valence-electron chi connectivity index (χ1n) is 9.42. The van der Waals surface area contributed by atoms with Crippen LogP contribution in [0.2, 0.25) is 0 Å². The zero-order valence-corrected chi connectivity index (χ0v) is 16.4. The largest absolute Gasteiger partial charge is 0.493 e. The molecule has 1 heterocycles. The number of imide groups is 1. The van der Waals surface area contributed by atoms with Crippen molar-refractivity contribution < 1.29 is 19.1 Å². The van der Waals surface area contributed by atoms with Gasteiger partial charge in [-0.15, -0.1) is 0 Å². The number of methoxy groups -OCH3 is 1. The predicted molar refractivity (Wildman–Crippen MR) is 114 cm³/mol. The SMILES string of the molecule is COc1cc(/C=C2/NC(=O)N(c3ccccc3)C2=O)ccc1OCc1ccccc1. The zero-order chi connectivity index (χ0) is 20.9. The molecule has 1 aliphatic heterocycles. The Bertz CT molecular complexity index is 1090. The minimum Gasteiger partial charge on any atom is -0.493 e. The Labute approximate surface area is 174 Å². The van der Waals surface area contributed by atoms with E-state index in [4.69, 9.17) is 9.47 Å². The van der Waals surface area contributed by atoms with Gasteiger partial charge in [0.15, 0.2) is 11.5 Å². The number of carbonyl (C=O) groups excluding carboxylic acids is 2. The summed E-state index contributed by atoms with van der Waals surface area (Å²) < 4.78 is 11.3. The molecule has 1 saturated heterocycles. The summed E-state index contributed by atoms with van der Waals surface area (Å²) in [7, 11) is 1.56. The third kappa shape index (κ3) is 4.03. The summed E-state index contributed by atoms with van der Waals surface area (Å²) in [6.07, 6.45) is 1.62. The van der Waals surface area contributed by atoms with Crippen LogP contribution >= 0.6 is 0 Å². The normalized spacial score (nSPS) is 14.7. The van der Waals surface area contributed by atoms with Crippen molar-refractivity contribution in [2.24, 2.45) is 0 Å². The fourth-order valence-electron chi connectivity index (χ4n) is 3.14. The minimum absolute atomic E-state index is 0.198. The molecule has 0 saturated carbocycles. The van der Waals surface area contributed by atoms with E-state index in [0.29, 0.717) is 29.4 Å². The number of ether oxygens (including phenoxy) is 2. The first kappa shape index (κ1) is 19.3. The summed E-state index contributed by atoms with van der Waals surface area (Å²) in [5, 5.41) is 2.63. The van der Waals surface area contributed by atoms with Crippen LogP contribution in [0.15, 0.2) is 84.6 Å². The van der Waals surface area contributed by atoms with Gasteiger partial charge in [0.05, 0.1) is 12.8 Å². The zero-order valence-electron chi connectivity index (χ0n) is 16.4. The molecule has 0 aliphatic carbocycles. The lowest BCUT2D eigenvalue weighted by Gasteiger charge is -2.12. The molecule has 150 valence electrons. The smallest absolute Gasteiger partial charge is 0.333 e. The Kier molecular flexibility index (Phi) is 5.48. The van der Waals surface area contributed by atoms with Gasteiger partial charge in [0.1, 0.15) is 12.3 Å². The second-order valence-electron chi connectivity index (χ2n) is 6.65. The molecule has 1 N–H and O–H groups in total. The Morgan fingerprint density at radius 3 is 2.30 bits per heavy atom. The maximum atomic E-state index is 12.7. The number of carbonyl (C=O) groups is 2. The molecule has 4 rings (SSSR count). The highest BCUT2D eigenvalue weighted by molar-refractivity contribution is 6.28. The summed E-state index contributed by atoms with van der Waals surface area (Å²) in [5.74, 6) is 0.725. The van der Waals surface area contributed by atoms with Gasteiger partial charge in [-0.1, -0.05) is 54.6 Å².